The summed E-state index contributed by atoms with van der Waals surface area (Å²) in [7, 11) is 0. The number of halogens is 1. The van der Waals surface area contributed by atoms with Gasteiger partial charge in [0.25, 0.3) is 5.56 Å². The Kier molecular flexibility index (Phi) is 2.20. The predicted molar refractivity (Wildman–Crippen MR) is 54.4 cm³/mol. The molecule has 0 saturated heterocycles. The van der Waals surface area contributed by atoms with Crippen molar-refractivity contribution in [2.45, 2.75) is 6.92 Å². The Morgan fingerprint density at radius 1 is 1.50 bits per heavy atom. The Morgan fingerprint density at radius 3 is 2.93 bits per heavy atom. The van der Waals surface area contributed by atoms with Crippen molar-refractivity contribution in [1.29, 1.82) is 0 Å². The highest BCUT2D eigenvalue weighted by atomic mass is 79.9. The number of rotatable bonds is 1. The Hall–Kier alpha value is -1.43. The Bertz CT molecular complexity index is 516. The van der Waals surface area contributed by atoms with E-state index >= 15 is 0 Å². The molecule has 0 aromatic carbocycles. The zero-order valence-electron chi connectivity index (χ0n) is 7.36. The molecular formula is C8H7BrN4O. The summed E-state index contributed by atoms with van der Waals surface area (Å²) in [6.45, 7) is 1.84. The van der Waals surface area contributed by atoms with Crippen molar-refractivity contribution >= 4 is 15.9 Å². The quantitative estimate of drug-likeness (QED) is 0.827. The van der Waals surface area contributed by atoms with Crippen molar-refractivity contribution in [2.75, 3.05) is 0 Å². The van der Waals surface area contributed by atoms with E-state index in [9.17, 15) is 4.79 Å². The van der Waals surface area contributed by atoms with Gasteiger partial charge in [-0.05, 0) is 22.9 Å². The zero-order valence-corrected chi connectivity index (χ0v) is 8.95. The van der Waals surface area contributed by atoms with Crippen molar-refractivity contribution in [3.05, 3.63) is 39.4 Å². The van der Waals surface area contributed by atoms with Crippen LogP contribution in [0, 0.1) is 6.92 Å². The minimum atomic E-state index is -0.205. The molecule has 0 saturated carbocycles. The maximum absolute atomic E-state index is 11.3. The third-order valence-corrected chi connectivity index (χ3v) is 2.55. The second-order valence-corrected chi connectivity index (χ2v) is 3.51. The van der Waals surface area contributed by atoms with Crippen molar-refractivity contribution in [3.63, 3.8) is 0 Å². The summed E-state index contributed by atoms with van der Waals surface area (Å²) in [5.74, 6) is 1.33. The van der Waals surface area contributed by atoms with Crippen molar-refractivity contribution in [2.24, 2.45) is 0 Å². The van der Waals surface area contributed by atoms with Gasteiger partial charge >= 0.3 is 0 Å². The number of aryl methyl sites for hydroxylation is 1. The highest BCUT2D eigenvalue weighted by Gasteiger charge is 2.08. The monoisotopic (exact) mass is 254 g/mol. The first-order valence-corrected chi connectivity index (χ1v) is 4.73. The molecule has 2 aromatic heterocycles. The van der Waals surface area contributed by atoms with Gasteiger partial charge in [-0.1, -0.05) is 0 Å². The second-order valence-electron chi connectivity index (χ2n) is 2.71. The van der Waals surface area contributed by atoms with Crippen LogP contribution >= 0.6 is 15.9 Å². The lowest BCUT2D eigenvalue weighted by atomic mass is 10.5. The van der Waals surface area contributed by atoms with Gasteiger partial charge in [0.05, 0.1) is 6.33 Å². The maximum Gasteiger partial charge on any atom is 0.267 e. The second kappa shape index (κ2) is 3.38. The lowest BCUT2D eigenvalue weighted by Gasteiger charge is -2.04. The van der Waals surface area contributed by atoms with E-state index < -0.39 is 0 Å². The van der Waals surface area contributed by atoms with E-state index in [0.29, 0.717) is 10.3 Å². The number of nitrogens with zero attached hydrogens (tertiary/aromatic N) is 3. The van der Waals surface area contributed by atoms with Crippen LogP contribution in [-0.2, 0) is 0 Å². The van der Waals surface area contributed by atoms with Crippen LogP contribution in [-0.4, -0.2) is 19.5 Å². The third-order valence-electron chi connectivity index (χ3n) is 1.83. The smallest absolute Gasteiger partial charge is 0.267 e. The normalized spacial score (nSPS) is 10.4. The molecule has 14 heavy (non-hydrogen) atoms. The van der Waals surface area contributed by atoms with E-state index in [-0.39, 0.29) is 5.56 Å². The Labute approximate surface area is 88.0 Å². The fourth-order valence-electron chi connectivity index (χ4n) is 1.14. The van der Waals surface area contributed by atoms with Crippen LogP contribution in [0.3, 0.4) is 0 Å². The molecule has 6 heteroatoms. The van der Waals surface area contributed by atoms with Crippen LogP contribution in [0.15, 0.2) is 28.0 Å². The van der Waals surface area contributed by atoms with Gasteiger partial charge in [-0.3, -0.25) is 9.36 Å². The first-order valence-electron chi connectivity index (χ1n) is 3.93. The van der Waals surface area contributed by atoms with Gasteiger partial charge in [0, 0.05) is 12.4 Å². The predicted octanol–water partition coefficient (Wildman–Crippen LogP) is 1.03. The summed E-state index contributed by atoms with van der Waals surface area (Å²) >= 11 is 3.18. The number of H-pyrrole nitrogens is 1. The van der Waals surface area contributed by atoms with Gasteiger partial charge in [-0.2, -0.15) is 0 Å². The van der Waals surface area contributed by atoms with Gasteiger partial charge in [0.1, 0.15) is 10.3 Å². The van der Waals surface area contributed by atoms with Crippen molar-refractivity contribution < 1.29 is 0 Å². The van der Waals surface area contributed by atoms with Gasteiger partial charge < -0.3 is 4.98 Å². The van der Waals surface area contributed by atoms with E-state index in [1.807, 2.05) is 6.92 Å². The molecule has 1 N–H and O–H groups in total. The number of nitrogens with one attached hydrogen (secondary N) is 1. The minimum absolute atomic E-state index is 0.205. The maximum atomic E-state index is 11.3. The molecule has 0 spiro atoms. The first kappa shape index (κ1) is 9.14. The van der Waals surface area contributed by atoms with Crippen LogP contribution in [0.1, 0.15) is 5.82 Å². The SMILES string of the molecule is Cc1nccn1-c1nc[nH]c(=O)c1Br. The standard InChI is InChI=1S/C8H7BrN4O/c1-5-10-2-3-13(5)7-6(9)8(14)12-4-11-7/h2-4H,1H3,(H,11,12,14). The minimum Gasteiger partial charge on any atom is -0.312 e. The van der Waals surface area contributed by atoms with Gasteiger partial charge in [0.2, 0.25) is 0 Å². The summed E-state index contributed by atoms with van der Waals surface area (Å²) in [6.07, 6.45) is 4.77. The topological polar surface area (TPSA) is 63.6 Å². The number of hydrogen-bond acceptors (Lipinski definition) is 3. The molecule has 0 unspecified atom stereocenters. The van der Waals surface area contributed by atoms with Crippen LogP contribution in [0.25, 0.3) is 5.82 Å². The Morgan fingerprint density at radius 2 is 2.29 bits per heavy atom. The molecule has 2 heterocycles. The summed E-state index contributed by atoms with van der Waals surface area (Å²) in [5.41, 5.74) is -0.205. The molecular weight excluding hydrogens is 248 g/mol. The van der Waals surface area contributed by atoms with Crippen LogP contribution in [0.5, 0.6) is 0 Å². The van der Waals surface area contributed by atoms with Crippen LogP contribution in [0.4, 0.5) is 0 Å². The lowest BCUT2D eigenvalue weighted by molar-refractivity contribution is 0.903. The number of hydrogen-bond donors (Lipinski definition) is 1. The third kappa shape index (κ3) is 1.37. The molecule has 72 valence electrons. The molecule has 0 aliphatic carbocycles. The van der Waals surface area contributed by atoms with Gasteiger partial charge in [-0.15, -0.1) is 0 Å². The van der Waals surface area contributed by atoms with Crippen molar-refractivity contribution in [3.8, 4) is 5.82 Å². The van der Waals surface area contributed by atoms with Crippen LogP contribution < -0.4 is 5.56 Å². The summed E-state index contributed by atoms with van der Waals surface area (Å²) < 4.78 is 2.14. The molecule has 0 bridgehead atoms. The molecule has 0 aliphatic rings. The van der Waals surface area contributed by atoms with E-state index in [1.165, 1.54) is 6.33 Å². The van der Waals surface area contributed by atoms with Crippen LogP contribution in [0.2, 0.25) is 0 Å². The molecule has 5 nitrogen and oxygen atoms in total. The summed E-state index contributed by atoms with van der Waals surface area (Å²) in [4.78, 5) is 21.9. The fraction of sp³-hybridized carbons (Fsp3) is 0.125. The number of aromatic amines is 1. The molecule has 2 rings (SSSR count). The summed E-state index contributed by atoms with van der Waals surface area (Å²) in [6, 6.07) is 0. The molecule has 0 radical (unpaired) electrons. The fourth-order valence-corrected chi connectivity index (χ4v) is 1.55. The van der Waals surface area contributed by atoms with E-state index in [0.717, 1.165) is 5.82 Å². The molecule has 0 fully saturated rings. The average Bonchev–Trinajstić information content (AvgIpc) is 2.57. The largest absolute Gasteiger partial charge is 0.312 e. The zero-order chi connectivity index (χ0) is 10.1. The summed E-state index contributed by atoms with van der Waals surface area (Å²) in [5, 5.41) is 0. The van der Waals surface area contributed by atoms with E-state index in [1.54, 1.807) is 17.0 Å². The first-order chi connectivity index (χ1) is 6.70. The molecule has 2 aromatic rings. The lowest BCUT2D eigenvalue weighted by Crippen LogP contribution is -2.12. The number of imidazole rings is 1. The van der Waals surface area contributed by atoms with E-state index in [4.69, 9.17) is 0 Å². The molecule has 0 atom stereocenters. The Balaban J connectivity index is 2.69. The average molecular weight is 255 g/mol. The molecule has 0 amide bonds. The van der Waals surface area contributed by atoms with Gasteiger partial charge in [-0.25, -0.2) is 9.97 Å². The van der Waals surface area contributed by atoms with E-state index in [2.05, 4.69) is 30.9 Å². The van der Waals surface area contributed by atoms with Crippen molar-refractivity contribution in [1.82, 2.24) is 19.5 Å². The highest BCUT2D eigenvalue weighted by Crippen LogP contribution is 2.14. The van der Waals surface area contributed by atoms with Gasteiger partial charge in [0.15, 0.2) is 5.82 Å². The number of aromatic nitrogens is 4. The highest BCUT2D eigenvalue weighted by molar-refractivity contribution is 9.10. The molecule has 0 aliphatic heterocycles.